The van der Waals surface area contributed by atoms with Gasteiger partial charge in [0.15, 0.2) is 0 Å². The molecular weight excluding hydrogens is 579 g/mol. The van der Waals surface area contributed by atoms with Gasteiger partial charge in [0.25, 0.3) is 0 Å². The van der Waals surface area contributed by atoms with E-state index in [0.717, 1.165) is 4.90 Å². The van der Waals surface area contributed by atoms with Crippen LogP contribution in [-0.4, -0.2) is 64.7 Å². The Morgan fingerprint density at radius 1 is 0.976 bits per heavy atom. The first-order chi connectivity index (χ1) is 19.3. The molecule has 0 aromatic heterocycles. The Morgan fingerprint density at radius 3 is 1.95 bits per heavy atom. The van der Waals surface area contributed by atoms with Crippen LogP contribution in [0.3, 0.4) is 0 Å². The average Bonchev–Trinajstić information content (AvgIpc) is 2.90. The zero-order valence-corrected chi connectivity index (χ0v) is 22.8. The Kier molecular flexibility index (Phi) is 11.3. The molecule has 0 saturated carbocycles. The summed E-state index contributed by atoms with van der Waals surface area (Å²) in [7, 11) is 1.33. The molecule has 2 aromatic rings. The molecule has 2 aromatic carbocycles. The first-order valence-electron chi connectivity index (χ1n) is 12.6. The van der Waals surface area contributed by atoms with Crippen molar-refractivity contribution < 1.29 is 55.3 Å². The molecule has 0 unspecified atom stereocenters. The maximum Gasteiger partial charge on any atom is 0.416 e. The highest BCUT2D eigenvalue weighted by molar-refractivity contribution is 5.76. The number of nitrogens with one attached hydrogen (secondary N) is 1. The van der Waals surface area contributed by atoms with Gasteiger partial charge in [-0.15, -0.1) is 0 Å². The predicted octanol–water partition coefficient (Wildman–Crippen LogP) is 5.87. The fourth-order valence-electron chi connectivity index (χ4n) is 4.25. The van der Waals surface area contributed by atoms with Crippen molar-refractivity contribution in [1.29, 1.82) is 0 Å². The number of aryl methyl sites for hydroxylation is 1. The summed E-state index contributed by atoms with van der Waals surface area (Å²) in [6.45, 7) is 4.14. The van der Waals surface area contributed by atoms with Crippen LogP contribution in [0, 0.1) is 12.7 Å². The molecule has 3 rings (SSSR count). The second kappa shape index (κ2) is 13.9. The number of urea groups is 1. The fraction of sp³-hybridized carbons (Fsp3) is 0.444. The van der Waals surface area contributed by atoms with E-state index in [1.165, 1.54) is 31.0 Å². The molecule has 2 atom stereocenters. The van der Waals surface area contributed by atoms with Gasteiger partial charge >= 0.3 is 30.3 Å². The summed E-state index contributed by atoms with van der Waals surface area (Å²) in [5.74, 6) is -2.58. The lowest BCUT2D eigenvalue weighted by molar-refractivity contribution is -0.143. The summed E-state index contributed by atoms with van der Waals surface area (Å²) >= 11 is 0. The van der Waals surface area contributed by atoms with E-state index in [1.54, 1.807) is 13.0 Å². The number of carboxylic acid groups (broad SMARTS) is 2. The normalized spacial score (nSPS) is 16.2. The quantitative estimate of drug-likeness (QED) is 0.354. The number of hydrogen-bond donors (Lipinski definition) is 3. The van der Waals surface area contributed by atoms with E-state index in [9.17, 15) is 45.1 Å². The lowest BCUT2D eigenvalue weighted by Gasteiger charge is -2.40. The van der Waals surface area contributed by atoms with Crippen molar-refractivity contribution in [3.8, 4) is 0 Å². The summed E-state index contributed by atoms with van der Waals surface area (Å²) in [5, 5.41) is 18.9. The minimum atomic E-state index is -4.98. The van der Waals surface area contributed by atoms with Crippen LogP contribution in [0.25, 0.3) is 0 Å². The molecule has 1 aliphatic heterocycles. The minimum absolute atomic E-state index is 0.0572. The van der Waals surface area contributed by atoms with E-state index >= 15 is 0 Å². The molecule has 2 amide bonds. The number of nitrogens with zero attached hydrogens (tertiary/aromatic N) is 2. The van der Waals surface area contributed by atoms with Crippen LogP contribution in [0.4, 0.5) is 35.5 Å². The predicted molar refractivity (Wildman–Crippen MR) is 136 cm³/mol. The Labute approximate surface area is 236 Å². The minimum Gasteiger partial charge on any atom is -0.481 e. The van der Waals surface area contributed by atoms with E-state index in [0.29, 0.717) is 36.3 Å². The molecule has 1 fully saturated rings. The number of amides is 2. The van der Waals surface area contributed by atoms with Crippen LogP contribution in [0.15, 0.2) is 36.4 Å². The van der Waals surface area contributed by atoms with Crippen molar-refractivity contribution in [1.82, 2.24) is 15.1 Å². The third-order valence-corrected chi connectivity index (χ3v) is 6.61. The maximum atomic E-state index is 13.6. The van der Waals surface area contributed by atoms with Crippen molar-refractivity contribution in [2.75, 3.05) is 26.7 Å². The summed E-state index contributed by atoms with van der Waals surface area (Å²) in [6.07, 6.45) is -10.6. The van der Waals surface area contributed by atoms with Crippen molar-refractivity contribution >= 4 is 18.0 Å². The van der Waals surface area contributed by atoms with Crippen LogP contribution in [0.2, 0.25) is 0 Å². The Balaban J connectivity index is 0.000000675. The summed E-state index contributed by atoms with van der Waals surface area (Å²) in [4.78, 5) is 35.2. The number of carbonyl (C=O) groups is 3. The third kappa shape index (κ3) is 9.33. The number of alkyl halides is 6. The molecule has 1 aliphatic rings. The van der Waals surface area contributed by atoms with Crippen LogP contribution < -0.4 is 5.32 Å². The molecule has 3 N–H and O–H groups in total. The molecule has 0 spiro atoms. The summed E-state index contributed by atoms with van der Waals surface area (Å²) in [6, 6.07) is 3.36. The third-order valence-electron chi connectivity index (χ3n) is 6.61. The molecule has 42 heavy (non-hydrogen) atoms. The molecule has 0 bridgehead atoms. The number of halogens is 7. The van der Waals surface area contributed by atoms with Crippen LogP contribution >= 0.6 is 0 Å². The second-order valence-electron chi connectivity index (χ2n) is 9.61. The zero-order valence-electron chi connectivity index (χ0n) is 22.8. The fourth-order valence-corrected chi connectivity index (χ4v) is 4.25. The molecule has 232 valence electrons. The highest BCUT2D eigenvalue weighted by Gasteiger charge is 2.38. The van der Waals surface area contributed by atoms with Gasteiger partial charge in [-0.3, -0.25) is 9.59 Å². The number of piperazine rings is 1. The van der Waals surface area contributed by atoms with Gasteiger partial charge in [-0.05, 0) is 60.9 Å². The highest BCUT2D eigenvalue weighted by Crippen LogP contribution is 2.38. The molecule has 0 aliphatic carbocycles. The number of benzene rings is 2. The monoisotopic (exact) mass is 609 g/mol. The van der Waals surface area contributed by atoms with Gasteiger partial charge in [0, 0.05) is 26.7 Å². The zero-order chi connectivity index (χ0) is 32.0. The number of carboxylic acids is 2. The van der Waals surface area contributed by atoms with E-state index in [2.05, 4.69) is 5.32 Å². The van der Waals surface area contributed by atoms with Crippen LogP contribution in [0.1, 0.15) is 59.7 Å². The standard InChI is InChI=1S/C23H24F7N3O.C4H6O4/c1-13-8-18(24)4-5-19(13)20-12-31-6-7-33(20)21(34)32(3)14(2)15-9-16(22(25,26)27)11-17(10-15)23(28,29)30;5-3(6)1-2-4(7)8/h4-5,8-11,14,20,31H,6-7,12H2,1-3H3;1-2H2,(H,5,6)(H,7,8)/t14-,20-;/m1./s1. The van der Waals surface area contributed by atoms with Gasteiger partial charge in [0.05, 0.1) is 36.1 Å². The molecule has 1 saturated heterocycles. The van der Waals surface area contributed by atoms with Gasteiger partial charge in [-0.2, -0.15) is 26.3 Å². The Morgan fingerprint density at radius 2 is 1.50 bits per heavy atom. The number of aliphatic carboxylic acids is 2. The number of rotatable bonds is 6. The lowest BCUT2D eigenvalue weighted by Crippen LogP contribution is -2.52. The highest BCUT2D eigenvalue weighted by atomic mass is 19.4. The van der Waals surface area contributed by atoms with Crippen molar-refractivity contribution in [3.63, 3.8) is 0 Å². The smallest absolute Gasteiger partial charge is 0.416 e. The molecular formula is C27H30F7N3O5. The topological polar surface area (TPSA) is 110 Å². The van der Waals surface area contributed by atoms with Gasteiger partial charge < -0.3 is 25.3 Å². The lowest BCUT2D eigenvalue weighted by atomic mass is 9.98. The first kappa shape index (κ1) is 34.3. The number of hydrogen-bond acceptors (Lipinski definition) is 4. The molecule has 8 nitrogen and oxygen atoms in total. The maximum absolute atomic E-state index is 13.6. The van der Waals surface area contributed by atoms with Crippen molar-refractivity contribution in [2.24, 2.45) is 0 Å². The Bertz CT molecular complexity index is 1240. The van der Waals surface area contributed by atoms with Gasteiger partial charge in [-0.1, -0.05) is 6.07 Å². The van der Waals surface area contributed by atoms with Crippen LogP contribution in [0.5, 0.6) is 0 Å². The largest absolute Gasteiger partial charge is 0.481 e. The molecule has 15 heteroatoms. The van der Waals surface area contributed by atoms with Crippen LogP contribution in [-0.2, 0) is 21.9 Å². The van der Waals surface area contributed by atoms with Crippen molar-refractivity contribution in [2.45, 2.75) is 51.1 Å². The van der Waals surface area contributed by atoms with Crippen molar-refractivity contribution in [3.05, 3.63) is 70.0 Å². The Hall–Kier alpha value is -3.88. The van der Waals surface area contributed by atoms with E-state index in [1.807, 2.05) is 0 Å². The summed E-state index contributed by atoms with van der Waals surface area (Å²) < 4.78 is 93.2. The van der Waals surface area contributed by atoms with Gasteiger partial charge in [-0.25, -0.2) is 9.18 Å². The first-order valence-corrected chi connectivity index (χ1v) is 12.6. The average molecular weight is 610 g/mol. The van der Waals surface area contributed by atoms with E-state index in [-0.39, 0.29) is 31.0 Å². The summed E-state index contributed by atoms with van der Waals surface area (Å²) in [5.41, 5.74) is -1.85. The van der Waals surface area contributed by atoms with Gasteiger partial charge in [0.2, 0.25) is 0 Å². The van der Waals surface area contributed by atoms with E-state index in [4.69, 9.17) is 10.2 Å². The van der Waals surface area contributed by atoms with Gasteiger partial charge in [0.1, 0.15) is 5.82 Å². The molecule has 0 radical (unpaired) electrons. The second-order valence-corrected chi connectivity index (χ2v) is 9.61. The molecule has 1 heterocycles. The van der Waals surface area contributed by atoms with E-state index < -0.39 is 59.4 Å². The number of carbonyl (C=O) groups excluding carboxylic acids is 1. The SMILES string of the molecule is Cc1cc(F)ccc1[C@H]1CNCCN1C(=O)N(C)[C@H](C)c1cc(C(F)(F)F)cc(C(F)(F)F)c1.O=C(O)CCC(=O)O.